The summed E-state index contributed by atoms with van der Waals surface area (Å²) >= 11 is 0. The topological polar surface area (TPSA) is 27.6 Å². The molecule has 0 fully saturated rings. The molecule has 1 unspecified atom stereocenters. The first-order valence-corrected chi connectivity index (χ1v) is 4.13. The quantitative estimate of drug-likeness (QED) is 0.619. The zero-order valence-electron chi connectivity index (χ0n) is 7.76. The summed E-state index contributed by atoms with van der Waals surface area (Å²) in [6.45, 7) is 8.73. The molecule has 1 rings (SSSR count). The fourth-order valence-corrected chi connectivity index (χ4v) is 1.25. The van der Waals surface area contributed by atoms with Crippen LogP contribution < -0.4 is 5.43 Å². The summed E-state index contributed by atoms with van der Waals surface area (Å²) in [4.78, 5) is 2.24. The lowest BCUT2D eigenvalue weighted by Gasteiger charge is -2.35. The van der Waals surface area contributed by atoms with E-state index in [0.717, 1.165) is 6.42 Å². The van der Waals surface area contributed by atoms with Crippen molar-refractivity contribution in [1.82, 2.24) is 10.3 Å². The van der Waals surface area contributed by atoms with Crippen molar-refractivity contribution >= 4 is 6.34 Å². The smallest absolute Gasteiger partial charge is 0.116 e. The number of nitrogens with one attached hydrogen (secondary N) is 1. The van der Waals surface area contributed by atoms with Gasteiger partial charge in [-0.2, -0.15) is 5.10 Å². The third-order valence-corrected chi connectivity index (χ3v) is 1.90. The lowest BCUT2D eigenvalue weighted by molar-refractivity contribution is 0.174. The van der Waals surface area contributed by atoms with E-state index in [1.165, 1.54) is 0 Å². The van der Waals surface area contributed by atoms with Crippen molar-refractivity contribution < 1.29 is 0 Å². The molecule has 0 aliphatic carbocycles. The maximum absolute atomic E-state index is 4.03. The van der Waals surface area contributed by atoms with Crippen molar-refractivity contribution in [2.24, 2.45) is 5.10 Å². The van der Waals surface area contributed by atoms with Crippen molar-refractivity contribution in [3.63, 3.8) is 0 Å². The maximum atomic E-state index is 4.03. The Balaban J connectivity index is 2.63. The van der Waals surface area contributed by atoms with Gasteiger partial charge in [0.25, 0.3) is 0 Å². The van der Waals surface area contributed by atoms with E-state index in [2.05, 4.69) is 43.1 Å². The summed E-state index contributed by atoms with van der Waals surface area (Å²) in [5.74, 6) is 0. The van der Waals surface area contributed by atoms with Crippen LogP contribution in [0, 0.1) is 0 Å². The SMILES string of the molecule is CCC1NN=CN1C(C)(C)C. The van der Waals surface area contributed by atoms with Crippen molar-refractivity contribution in [2.45, 2.75) is 45.8 Å². The average Bonchev–Trinajstić information content (AvgIpc) is 2.31. The van der Waals surface area contributed by atoms with Crippen LogP contribution in [-0.2, 0) is 0 Å². The second-order valence-electron chi connectivity index (χ2n) is 3.88. The molecule has 1 atom stereocenters. The van der Waals surface area contributed by atoms with Crippen molar-refractivity contribution in [3.8, 4) is 0 Å². The molecule has 0 spiro atoms. The van der Waals surface area contributed by atoms with Crippen LogP contribution in [-0.4, -0.2) is 22.9 Å². The first kappa shape index (κ1) is 8.37. The minimum Gasteiger partial charge on any atom is -0.335 e. The van der Waals surface area contributed by atoms with E-state index in [0.29, 0.717) is 6.17 Å². The molecule has 1 N–H and O–H groups in total. The van der Waals surface area contributed by atoms with Gasteiger partial charge in [-0.05, 0) is 27.2 Å². The van der Waals surface area contributed by atoms with Gasteiger partial charge >= 0.3 is 0 Å². The first-order valence-electron chi connectivity index (χ1n) is 4.13. The Hall–Kier alpha value is -0.730. The van der Waals surface area contributed by atoms with Crippen LogP contribution in [0.3, 0.4) is 0 Å². The second-order valence-corrected chi connectivity index (χ2v) is 3.88. The number of rotatable bonds is 1. The van der Waals surface area contributed by atoms with E-state index in [1.54, 1.807) is 0 Å². The van der Waals surface area contributed by atoms with Crippen molar-refractivity contribution in [3.05, 3.63) is 0 Å². The zero-order chi connectivity index (χ0) is 8.48. The Kier molecular flexibility index (Phi) is 2.07. The number of nitrogens with zero attached hydrogens (tertiary/aromatic N) is 2. The summed E-state index contributed by atoms with van der Waals surface area (Å²) in [6.07, 6.45) is 3.35. The Bertz CT molecular complexity index is 157. The van der Waals surface area contributed by atoms with Crippen LogP contribution in [0.5, 0.6) is 0 Å². The summed E-state index contributed by atoms with van der Waals surface area (Å²) in [6, 6.07) is 0. The maximum Gasteiger partial charge on any atom is 0.116 e. The molecule has 64 valence electrons. The van der Waals surface area contributed by atoms with Gasteiger partial charge in [0.15, 0.2) is 0 Å². The van der Waals surface area contributed by atoms with Gasteiger partial charge in [0.2, 0.25) is 0 Å². The van der Waals surface area contributed by atoms with E-state index in [1.807, 2.05) is 6.34 Å². The standard InChI is InChI=1S/C8H17N3/c1-5-7-10-9-6-11(7)8(2,3)4/h6-7,10H,5H2,1-4H3. The molecule has 1 heterocycles. The fourth-order valence-electron chi connectivity index (χ4n) is 1.25. The molecule has 0 saturated heterocycles. The Morgan fingerprint density at radius 2 is 2.18 bits per heavy atom. The molecule has 0 aromatic rings. The molecule has 3 nitrogen and oxygen atoms in total. The zero-order valence-corrected chi connectivity index (χ0v) is 7.76. The van der Waals surface area contributed by atoms with E-state index in [9.17, 15) is 0 Å². The van der Waals surface area contributed by atoms with Crippen LogP contribution in [0.25, 0.3) is 0 Å². The fraction of sp³-hybridized carbons (Fsp3) is 0.875. The highest BCUT2D eigenvalue weighted by Gasteiger charge is 2.27. The van der Waals surface area contributed by atoms with Crippen molar-refractivity contribution in [2.75, 3.05) is 0 Å². The molecule has 0 radical (unpaired) electrons. The number of hydrogen-bond acceptors (Lipinski definition) is 3. The van der Waals surface area contributed by atoms with E-state index in [4.69, 9.17) is 0 Å². The highest BCUT2D eigenvalue weighted by Crippen LogP contribution is 2.17. The van der Waals surface area contributed by atoms with E-state index < -0.39 is 0 Å². The highest BCUT2D eigenvalue weighted by molar-refractivity contribution is 5.58. The molecule has 0 aromatic heterocycles. The predicted molar refractivity (Wildman–Crippen MR) is 47.3 cm³/mol. The van der Waals surface area contributed by atoms with Gasteiger partial charge in [-0.3, -0.25) is 5.43 Å². The van der Waals surface area contributed by atoms with Gasteiger partial charge in [-0.15, -0.1) is 0 Å². The molecule has 1 aliphatic rings. The second kappa shape index (κ2) is 2.72. The highest BCUT2D eigenvalue weighted by atomic mass is 15.5. The normalized spacial score (nSPS) is 24.0. The van der Waals surface area contributed by atoms with Gasteiger partial charge in [0, 0.05) is 5.54 Å². The van der Waals surface area contributed by atoms with Gasteiger partial charge in [-0.25, -0.2) is 0 Å². The number of hydrazone groups is 1. The minimum absolute atomic E-state index is 0.174. The van der Waals surface area contributed by atoms with Crippen LogP contribution in [0.2, 0.25) is 0 Å². The van der Waals surface area contributed by atoms with Gasteiger partial charge < -0.3 is 4.90 Å². The van der Waals surface area contributed by atoms with Crippen LogP contribution in [0.1, 0.15) is 34.1 Å². The average molecular weight is 155 g/mol. The lowest BCUT2D eigenvalue weighted by Crippen LogP contribution is -2.47. The van der Waals surface area contributed by atoms with E-state index >= 15 is 0 Å². The molecule has 3 heteroatoms. The molecular formula is C8H17N3. The molecule has 11 heavy (non-hydrogen) atoms. The summed E-state index contributed by atoms with van der Waals surface area (Å²) in [5.41, 5.74) is 3.23. The third-order valence-electron chi connectivity index (χ3n) is 1.90. The number of hydrogen-bond donors (Lipinski definition) is 1. The van der Waals surface area contributed by atoms with Gasteiger partial charge in [0.05, 0.1) is 0 Å². The first-order chi connectivity index (χ1) is 5.05. The molecule has 1 aliphatic heterocycles. The summed E-state index contributed by atoms with van der Waals surface area (Å²) in [7, 11) is 0. The molecule has 0 saturated carbocycles. The van der Waals surface area contributed by atoms with Crippen LogP contribution in [0.4, 0.5) is 0 Å². The Labute approximate surface area is 68.5 Å². The molecule has 0 bridgehead atoms. The molecule has 0 amide bonds. The largest absolute Gasteiger partial charge is 0.335 e. The minimum atomic E-state index is 0.174. The Morgan fingerprint density at radius 1 is 1.55 bits per heavy atom. The summed E-state index contributed by atoms with van der Waals surface area (Å²) < 4.78 is 0. The molecular weight excluding hydrogens is 138 g/mol. The van der Waals surface area contributed by atoms with Crippen LogP contribution in [0.15, 0.2) is 5.10 Å². The van der Waals surface area contributed by atoms with Gasteiger partial charge in [0.1, 0.15) is 12.5 Å². The lowest BCUT2D eigenvalue weighted by atomic mass is 10.1. The summed E-state index contributed by atoms with van der Waals surface area (Å²) in [5, 5.41) is 4.03. The monoisotopic (exact) mass is 155 g/mol. The predicted octanol–water partition coefficient (Wildman–Crippen LogP) is 1.37. The Morgan fingerprint density at radius 3 is 2.55 bits per heavy atom. The van der Waals surface area contributed by atoms with E-state index in [-0.39, 0.29) is 5.54 Å². The van der Waals surface area contributed by atoms with Gasteiger partial charge in [-0.1, -0.05) is 6.92 Å². The molecule has 0 aromatic carbocycles. The van der Waals surface area contributed by atoms with Crippen molar-refractivity contribution in [1.29, 1.82) is 0 Å². The van der Waals surface area contributed by atoms with Crippen LogP contribution >= 0.6 is 0 Å². The third kappa shape index (κ3) is 1.64.